The third kappa shape index (κ3) is 2.93. The number of nitrogens with zero attached hydrogens (tertiary/aromatic N) is 2. The molecule has 1 aliphatic carbocycles. The number of fused-ring (bicyclic) bond motifs is 2. The first kappa shape index (κ1) is 18.3. The summed E-state index contributed by atoms with van der Waals surface area (Å²) in [6.45, 7) is 1.85. The quantitative estimate of drug-likeness (QED) is 0.710. The van der Waals surface area contributed by atoms with E-state index < -0.39 is 23.8 Å². The van der Waals surface area contributed by atoms with Crippen molar-refractivity contribution in [2.24, 2.45) is 17.6 Å². The van der Waals surface area contributed by atoms with Crippen molar-refractivity contribution in [3.05, 3.63) is 29.3 Å². The molecule has 3 N–H and O–H groups in total. The average molecular weight is 396 g/mol. The van der Waals surface area contributed by atoms with E-state index >= 15 is 0 Å². The fourth-order valence-corrected chi connectivity index (χ4v) is 5.33. The minimum Gasteiger partial charge on any atom is -0.371 e. The Balaban J connectivity index is 1.39. The molecule has 0 spiro atoms. The average Bonchev–Trinajstić information content (AvgIpc) is 3.21. The predicted octanol–water partition coefficient (Wildman–Crippen LogP) is 0.651. The van der Waals surface area contributed by atoms with Crippen LogP contribution in [0.4, 0.5) is 5.69 Å². The second-order valence-electron chi connectivity index (χ2n) is 8.68. The highest BCUT2D eigenvalue weighted by Gasteiger charge is 2.45. The highest BCUT2D eigenvalue weighted by Crippen LogP contribution is 2.39. The Morgan fingerprint density at radius 3 is 2.48 bits per heavy atom. The van der Waals surface area contributed by atoms with Gasteiger partial charge in [-0.3, -0.25) is 29.4 Å². The van der Waals surface area contributed by atoms with Crippen LogP contribution in [0.25, 0.3) is 0 Å². The van der Waals surface area contributed by atoms with Crippen LogP contribution in [0, 0.1) is 11.8 Å². The zero-order valence-corrected chi connectivity index (χ0v) is 16.1. The molecule has 3 aliphatic heterocycles. The number of nitrogens with one attached hydrogen (secondary N) is 1. The molecule has 4 amide bonds. The Labute approximate surface area is 168 Å². The van der Waals surface area contributed by atoms with Crippen LogP contribution in [0.1, 0.15) is 52.8 Å². The number of carbonyl (C=O) groups excluding carboxylic acids is 4. The zero-order chi connectivity index (χ0) is 20.3. The lowest BCUT2D eigenvalue weighted by atomic mass is 9.79. The number of rotatable bonds is 2. The van der Waals surface area contributed by atoms with Crippen LogP contribution in [-0.2, 0) is 9.59 Å². The third-order valence-electron chi connectivity index (χ3n) is 6.88. The van der Waals surface area contributed by atoms with Crippen molar-refractivity contribution in [3.63, 3.8) is 0 Å². The Morgan fingerprint density at radius 1 is 0.931 bits per heavy atom. The van der Waals surface area contributed by atoms with Gasteiger partial charge in [0, 0.05) is 31.2 Å². The summed E-state index contributed by atoms with van der Waals surface area (Å²) in [6.07, 6.45) is 3.51. The number of benzene rings is 1. The van der Waals surface area contributed by atoms with Crippen LogP contribution < -0.4 is 16.0 Å². The van der Waals surface area contributed by atoms with Gasteiger partial charge in [0.2, 0.25) is 11.8 Å². The van der Waals surface area contributed by atoms with Crippen LogP contribution in [-0.4, -0.2) is 53.7 Å². The molecule has 3 fully saturated rings. The number of nitrogens with two attached hydrogens (primary N) is 1. The first-order valence-corrected chi connectivity index (χ1v) is 10.3. The minimum absolute atomic E-state index is 0.119. The molecular formula is C21H24N4O4. The van der Waals surface area contributed by atoms with Crippen LogP contribution in [0.3, 0.4) is 0 Å². The lowest BCUT2D eigenvalue weighted by Crippen LogP contribution is -2.54. The van der Waals surface area contributed by atoms with Crippen molar-refractivity contribution in [1.82, 2.24) is 10.2 Å². The number of piperidine rings is 1. The van der Waals surface area contributed by atoms with Gasteiger partial charge in [-0.05, 0) is 55.7 Å². The summed E-state index contributed by atoms with van der Waals surface area (Å²) in [5, 5.41) is 2.22. The Morgan fingerprint density at radius 2 is 1.69 bits per heavy atom. The maximum absolute atomic E-state index is 13.0. The highest BCUT2D eigenvalue weighted by molar-refractivity contribution is 6.23. The van der Waals surface area contributed by atoms with E-state index in [1.54, 1.807) is 12.1 Å². The Hall–Kier alpha value is -2.74. The second-order valence-corrected chi connectivity index (χ2v) is 8.68. The molecule has 2 saturated heterocycles. The number of amides is 4. The van der Waals surface area contributed by atoms with Gasteiger partial charge in [-0.1, -0.05) is 0 Å². The molecule has 5 rings (SSSR count). The van der Waals surface area contributed by atoms with Crippen LogP contribution in [0.15, 0.2) is 18.2 Å². The van der Waals surface area contributed by atoms with Crippen LogP contribution >= 0.6 is 0 Å². The first-order valence-electron chi connectivity index (χ1n) is 10.3. The van der Waals surface area contributed by atoms with Gasteiger partial charge in [0.05, 0.1) is 11.1 Å². The molecule has 0 radical (unpaired) electrons. The van der Waals surface area contributed by atoms with E-state index in [0.29, 0.717) is 23.0 Å². The lowest BCUT2D eigenvalue weighted by Gasteiger charge is -2.27. The molecule has 1 saturated carbocycles. The van der Waals surface area contributed by atoms with Crippen molar-refractivity contribution in [1.29, 1.82) is 0 Å². The molecule has 152 valence electrons. The molecule has 1 aromatic carbocycles. The summed E-state index contributed by atoms with van der Waals surface area (Å²) in [4.78, 5) is 52.7. The molecule has 4 unspecified atom stereocenters. The van der Waals surface area contributed by atoms with Gasteiger partial charge in [-0.25, -0.2) is 0 Å². The third-order valence-corrected chi connectivity index (χ3v) is 6.88. The van der Waals surface area contributed by atoms with Gasteiger partial charge >= 0.3 is 0 Å². The van der Waals surface area contributed by atoms with Gasteiger partial charge in [0.25, 0.3) is 11.8 Å². The largest absolute Gasteiger partial charge is 0.371 e. The molecule has 8 heteroatoms. The van der Waals surface area contributed by atoms with Crippen molar-refractivity contribution in [2.75, 3.05) is 18.0 Å². The molecule has 4 atom stereocenters. The van der Waals surface area contributed by atoms with Gasteiger partial charge in [-0.15, -0.1) is 0 Å². The second kappa shape index (κ2) is 6.66. The summed E-state index contributed by atoms with van der Waals surface area (Å²) < 4.78 is 0. The smallest absolute Gasteiger partial charge is 0.262 e. The number of hydrogen-bond acceptors (Lipinski definition) is 6. The van der Waals surface area contributed by atoms with E-state index in [9.17, 15) is 19.2 Å². The number of carbonyl (C=O) groups is 4. The Kier molecular flexibility index (Phi) is 4.20. The summed E-state index contributed by atoms with van der Waals surface area (Å²) in [7, 11) is 0. The van der Waals surface area contributed by atoms with Crippen LogP contribution in [0.2, 0.25) is 0 Å². The maximum Gasteiger partial charge on any atom is 0.262 e. The highest BCUT2D eigenvalue weighted by atomic mass is 16.2. The topological polar surface area (TPSA) is 113 Å². The van der Waals surface area contributed by atoms with E-state index in [-0.39, 0.29) is 24.8 Å². The molecule has 3 heterocycles. The van der Waals surface area contributed by atoms with Gasteiger partial charge < -0.3 is 10.6 Å². The van der Waals surface area contributed by atoms with Crippen molar-refractivity contribution in [3.8, 4) is 0 Å². The van der Waals surface area contributed by atoms with Crippen molar-refractivity contribution in [2.45, 2.75) is 44.2 Å². The number of imide groups is 2. The molecule has 0 bridgehead atoms. The Bertz CT molecular complexity index is 929. The summed E-state index contributed by atoms with van der Waals surface area (Å²) in [6, 6.07) is 4.69. The fraction of sp³-hybridized carbons (Fsp3) is 0.524. The van der Waals surface area contributed by atoms with Gasteiger partial charge in [-0.2, -0.15) is 0 Å². The van der Waals surface area contributed by atoms with Gasteiger partial charge in [0.15, 0.2) is 0 Å². The minimum atomic E-state index is -0.931. The number of hydrogen-bond donors (Lipinski definition) is 2. The SMILES string of the molecule is NC1CCC2CN(c3ccc4c(c3)C(=O)N(C3CCC(=O)NC3=O)C4=O)CC2C1. The summed E-state index contributed by atoms with van der Waals surface area (Å²) >= 11 is 0. The predicted molar refractivity (Wildman–Crippen MR) is 104 cm³/mol. The van der Waals surface area contributed by atoms with E-state index in [2.05, 4.69) is 10.2 Å². The fourth-order valence-electron chi connectivity index (χ4n) is 5.33. The van der Waals surface area contributed by atoms with Gasteiger partial charge in [0.1, 0.15) is 6.04 Å². The normalized spacial score (nSPS) is 31.8. The maximum atomic E-state index is 13.0. The van der Waals surface area contributed by atoms with E-state index in [4.69, 9.17) is 5.73 Å². The monoisotopic (exact) mass is 396 g/mol. The van der Waals surface area contributed by atoms with E-state index in [1.165, 1.54) is 0 Å². The van der Waals surface area contributed by atoms with E-state index in [0.717, 1.165) is 42.9 Å². The standard InChI is InChI=1S/C21H24N4O4/c22-13-2-1-11-9-24(10-12(11)7-13)14-3-4-15-16(8-14)21(29)25(20(15)28)17-5-6-18(26)23-19(17)27/h3-4,8,11-13,17H,1-2,5-7,9-10,22H2,(H,23,26,27). The first-order chi connectivity index (χ1) is 13.9. The molecular weight excluding hydrogens is 372 g/mol. The summed E-state index contributed by atoms with van der Waals surface area (Å²) in [5.74, 6) is -0.687. The molecule has 1 aromatic rings. The molecule has 8 nitrogen and oxygen atoms in total. The number of anilines is 1. The van der Waals surface area contributed by atoms with Crippen molar-refractivity contribution >= 4 is 29.3 Å². The molecule has 4 aliphatic rings. The molecule has 0 aromatic heterocycles. The zero-order valence-electron chi connectivity index (χ0n) is 16.1. The summed E-state index contributed by atoms with van der Waals surface area (Å²) in [5.41, 5.74) is 7.72. The van der Waals surface area contributed by atoms with Crippen molar-refractivity contribution < 1.29 is 19.2 Å². The lowest BCUT2D eigenvalue weighted by molar-refractivity contribution is -0.136. The van der Waals surface area contributed by atoms with E-state index in [1.807, 2.05) is 6.07 Å². The van der Waals surface area contributed by atoms with Crippen LogP contribution in [0.5, 0.6) is 0 Å². The molecule has 29 heavy (non-hydrogen) atoms.